The zero-order valence-electron chi connectivity index (χ0n) is 11.2. The van der Waals surface area contributed by atoms with Crippen LogP contribution in [0.5, 0.6) is 0 Å². The van der Waals surface area contributed by atoms with Crippen molar-refractivity contribution in [2.75, 3.05) is 25.0 Å². The molecule has 3 rings (SSSR count). The molecule has 0 saturated carbocycles. The maximum Gasteiger partial charge on any atom is 0.236 e. The molecule has 1 aromatic rings. The Labute approximate surface area is 117 Å². The molecule has 0 bridgehead atoms. The van der Waals surface area contributed by atoms with Crippen molar-refractivity contribution in [1.29, 1.82) is 0 Å². The summed E-state index contributed by atoms with van der Waals surface area (Å²) in [5, 5.41) is 6.39. The fourth-order valence-corrected chi connectivity index (χ4v) is 2.50. The molecule has 20 heavy (non-hydrogen) atoms. The summed E-state index contributed by atoms with van der Waals surface area (Å²) < 4.78 is 19.2. The summed E-state index contributed by atoms with van der Waals surface area (Å²) in [5.41, 5.74) is 1.30. The highest BCUT2D eigenvalue weighted by Crippen LogP contribution is 2.23. The molecular formula is C15H18FN3O. The van der Waals surface area contributed by atoms with E-state index in [1.807, 2.05) is 6.08 Å². The second-order valence-electron chi connectivity index (χ2n) is 5.00. The monoisotopic (exact) mass is 275 g/mol. The summed E-state index contributed by atoms with van der Waals surface area (Å²) >= 11 is 0. The molecule has 2 N–H and O–H groups in total. The molecule has 1 aliphatic carbocycles. The minimum absolute atomic E-state index is 0.230. The van der Waals surface area contributed by atoms with Gasteiger partial charge in [-0.3, -0.25) is 0 Å². The van der Waals surface area contributed by atoms with Crippen LogP contribution in [0.1, 0.15) is 6.42 Å². The van der Waals surface area contributed by atoms with Crippen LogP contribution in [-0.4, -0.2) is 30.8 Å². The molecule has 2 aliphatic rings. The second kappa shape index (κ2) is 6.15. The molecule has 1 fully saturated rings. The average molecular weight is 275 g/mol. The van der Waals surface area contributed by atoms with E-state index in [4.69, 9.17) is 4.74 Å². The van der Waals surface area contributed by atoms with Crippen molar-refractivity contribution in [1.82, 2.24) is 10.3 Å². The summed E-state index contributed by atoms with van der Waals surface area (Å²) in [7, 11) is 0. The summed E-state index contributed by atoms with van der Waals surface area (Å²) in [6.45, 7) is 2.59. The van der Waals surface area contributed by atoms with Crippen LogP contribution < -0.4 is 10.6 Å². The predicted octanol–water partition coefficient (Wildman–Crippen LogP) is 2.08. The first kappa shape index (κ1) is 13.3. The third-order valence-electron chi connectivity index (χ3n) is 3.60. The van der Waals surface area contributed by atoms with Gasteiger partial charge in [-0.2, -0.15) is 4.39 Å². The van der Waals surface area contributed by atoms with Crippen molar-refractivity contribution >= 4 is 5.69 Å². The molecule has 2 atom stereocenters. The van der Waals surface area contributed by atoms with Gasteiger partial charge in [-0.1, -0.05) is 12.2 Å². The van der Waals surface area contributed by atoms with Crippen molar-refractivity contribution in [2.45, 2.75) is 12.5 Å². The quantitative estimate of drug-likeness (QED) is 0.829. The first-order valence-corrected chi connectivity index (χ1v) is 6.91. The van der Waals surface area contributed by atoms with Gasteiger partial charge in [0, 0.05) is 30.9 Å². The van der Waals surface area contributed by atoms with Crippen molar-refractivity contribution in [2.24, 2.45) is 5.92 Å². The van der Waals surface area contributed by atoms with Gasteiger partial charge in [-0.15, -0.1) is 0 Å². The van der Waals surface area contributed by atoms with Crippen LogP contribution in [-0.2, 0) is 4.74 Å². The molecular weight excluding hydrogens is 257 g/mol. The number of halogens is 1. The van der Waals surface area contributed by atoms with Gasteiger partial charge < -0.3 is 15.4 Å². The maximum atomic E-state index is 13.5. The summed E-state index contributed by atoms with van der Waals surface area (Å²) in [5.74, 6) is -0.101. The van der Waals surface area contributed by atoms with Crippen molar-refractivity contribution in [3.8, 4) is 0 Å². The number of allylic oxidation sites excluding steroid dienone is 2. The van der Waals surface area contributed by atoms with Gasteiger partial charge in [-0.25, -0.2) is 4.98 Å². The van der Waals surface area contributed by atoms with Crippen LogP contribution in [0.25, 0.3) is 0 Å². The molecule has 0 aromatic carbocycles. The maximum absolute atomic E-state index is 13.5. The van der Waals surface area contributed by atoms with E-state index in [1.54, 1.807) is 12.1 Å². The summed E-state index contributed by atoms with van der Waals surface area (Å²) in [6, 6.07) is 3.39. The number of aromatic nitrogens is 1. The highest BCUT2D eigenvalue weighted by Gasteiger charge is 2.23. The van der Waals surface area contributed by atoms with Gasteiger partial charge in [0.05, 0.1) is 18.4 Å². The van der Waals surface area contributed by atoms with Crippen LogP contribution >= 0.6 is 0 Å². The van der Waals surface area contributed by atoms with Crippen LogP contribution in [0.15, 0.2) is 42.3 Å². The largest absolute Gasteiger partial charge is 0.375 e. The molecule has 4 nitrogen and oxygen atoms in total. The van der Waals surface area contributed by atoms with E-state index in [0.29, 0.717) is 11.6 Å². The van der Waals surface area contributed by atoms with Crippen LogP contribution in [0, 0.1) is 11.9 Å². The van der Waals surface area contributed by atoms with Crippen LogP contribution in [0.2, 0.25) is 0 Å². The molecule has 0 spiro atoms. The number of hydrogen-bond acceptors (Lipinski definition) is 4. The number of pyridine rings is 1. The molecule has 1 saturated heterocycles. The Morgan fingerprint density at radius 2 is 2.40 bits per heavy atom. The lowest BCUT2D eigenvalue weighted by molar-refractivity contribution is 0.00355. The minimum Gasteiger partial charge on any atom is -0.375 e. The smallest absolute Gasteiger partial charge is 0.236 e. The Hall–Kier alpha value is -1.72. The highest BCUT2D eigenvalue weighted by molar-refractivity contribution is 5.50. The van der Waals surface area contributed by atoms with E-state index >= 15 is 0 Å². The standard InChI is InChI=1S/C15H18FN3O/c16-15-13(2-1-7-18-15)19-12-5-3-11(4-6-12)14-10-17-8-9-20-14/h1-3,5-7,11,14,17,19H,4,8-10H2/t11?,14-/m1/s1. The van der Waals surface area contributed by atoms with E-state index in [1.165, 1.54) is 6.20 Å². The third-order valence-corrected chi connectivity index (χ3v) is 3.60. The van der Waals surface area contributed by atoms with Crippen LogP contribution in [0.3, 0.4) is 0 Å². The zero-order valence-corrected chi connectivity index (χ0v) is 11.2. The minimum atomic E-state index is -0.483. The van der Waals surface area contributed by atoms with Gasteiger partial charge in [0.25, 0.3) is 0 Å². The molecule has 0 radical (unpaired) electrons. The zero-order chi connectivity index (χ0) is 13.8. The number of morpholine rings is 1. The lowest BCUT2D eigenvalue weighted by atomic mass is 9.93. The van der Waals surface area contributed by atoms with Crippen LogP contribution in [0.4, 0.5) is 10.1 Å². The van der Waals surface area contributed by atoms with Crippen molar-refractivity contribution < 1.29 is 9.13 Å². The van der Waals surface area contributed by atoms with E-state index in [0.717, 1.165) is 31.8 Å². The van der Waals surface area contributed by atoms with Gasteiger partial charge in [-0.05, 0) is 24.6 Å². The SMILES string of the molecule is Fc1ncccc1NC1=CCC([C@H]2CNCCO2)C=C1. The second-order valence-corrected chi connectivity index (χ2v) is 5.00. The summed E-state index contributed by atoms with van der Waals surface area (Å²) in [6.07, 6.45) is 8.76. The number of anilines is 1. The molecule has 106 valence electrons. The number of nitrogens with zero attached hydrogens (tertiary/aromatic N) is 1. The highest BCUT2D eigenvalue weighted by atomic mass is 19.1. The average Bonchev–Trinajstić information content (AvgIpc) is 2.51. The number of nitrogens with one attached hydrogen (secondary N) is 2. The van der Waals surface area contributed by atoms with Crippen molar-refractivity contribution in [3.05, 3.63) is 48.2 Å². The van der Waals surface area contributed by atoms with E-state index in [2.05, 4.69) is 27.8 Å². The molecule has 2 heterocycles. The number of hydrogen-bond donors (Lipinski definition) is 2. The number of rotatable bonds is 3. The number of ether oxygens (including phenoxy) is 1. The lowest BCUT2D eigenvalue weighted by Gasteiger charge is -2.30. The molecule has 1 aliphatic heterocycles. The first-order chi connectivity index (χ1) is 9.83. The molecule has 0 amide bonds. The predicted molar refractivity (Wildman–Crippen MR) is 75.8 cm³/mol. The summed E-state index contributed by atoms with van der Waals surface area (Å²) in [4.78, 5) is 3.62. The fourth-order valence-electron chi connectivity index (χ4n) is 2.50. The third kappa shape index (κ3) is 3.05. The van der Waals surface area contributed by atoms with Gasteiger partial charge >= 0.3 is 0 Å². The molecule has 5 heteroatoms. The van der Waals surface area contributed by atoms with E-state index in [9.17, 15) is 4.39 Å². The van der Waals surface area contributed by atoms with Crippen molar-refractivity contribution in [3.63, 3.8) is 0 Å². The van der Waals surface area contributed by atoms with Gasteiger partial charge in [0.1, 0.15) is 0 Å². The normalized spacial score (nSPS) is 26.1. The first-order valence-electron chi connectivity index (χ1n) is 6.91. The Morgan fingerprint density at radius 3 is 3.10 bits per heavy atom. The van der Waals surface area contributed by atoms with Gasteiger partial charge in [0.2, 0.25) is 5.95 Å². The van der Waals surface area contributed by atoms with E-state index in [-0.39, 0.29) is 6.10 Å². The Balaban J connectivity index is 1.60. The topological polar surface area (TPSA) is 46.2 Å². The van der Waals surface area contributed by atoms with Gasteiger partial charge in [0.15, 0.2) is 0 Å². The fraction of sp³-hybridized carbons (Fsp3) is 0.400. The Kier molecular flexibility index (Phi) is 4.08. The van der Waals surface area contributed by atoms with E-state index < -0.39 is 5.95 Å². The Bertz CT molecular complexity index is 524. The molecule has 1 unspecified atom stereocenters. The molecule has 1 aromatic heterocycles. The lowest BCUT2D eigenvalue weighted by Crippen LogP contribution is -2.42. The Morgan fingerprint density at radius 1 is 1.45 bits per heavy atom.